The predicted molar refractivity (Wildman–Crippen MR) is 73.3 cm³/mol. The monoisotopic (exact) mass is 310 g/mol. The molecule has 5 heteroatoms. The minimum atomic E-state index is -0.235. The van der Waals surface area contributed by atoms with E-state index in [-0.39, 0.29) is 17.7 Å². The van der Waals surface area contributed by atoms with Crippen LogP contribution in [0.3, 0.4) is 0 Å². The molecule has 0 spiro atoms. The highest BCUT2D eigenvalue weighted by Crippen LogP contribution is 2.26. The third-order valence-corrected chi connectivity index (χ3v) is 3.51. The fraction of sp³-hybridized carbons (Fsp3) is 0.385. The first-order valence-corrected chi connectivity index (χ1v) is 6.74. The Balaban J connectivity index is 2.10. The summed E-state index contributed by atoms with van der Waals surface area (Å²) in [5, 5.41) is 2.76. The summed E-state index contributed by atoms with van der Waals surface area (Å²) in [7, 11) is 0. The van der Waals surface area contributed by atoms with Crippen LogP contribution in [0, 0.1) is 5.92 Å². The zero-order chi connectivity index (χ0) is 13.1. The molecule has 18 heavy (non-hydrogen) atoms. The number of halogens is 1. The van der Waals surface area contributed by atoms with E-state index in [1.165, 1.54) is 0 Å². The van der Waals surface area contributed by atoms with Gasteiger partial charge >= 0.3 is 0 Å². The summed E-state index contributed by atoms with van der Waals surface area (Å²) in [6.45, 7) is 2.94. The van der Waals surface area contributed by atoms with Crippen molar-refractivity contribution in [3.05, 3.63) is 28.7 Å². The molecule has 96 valence electrons. The van der Waals surface area contributed by atoms with E-state index in [1.54, 1.807) is 4.90 Å². The quantitative estimate of drug-likeness (QED) is 0.927. The van der Waals surface area contributed by atoms with Gasteiger partial charge in [0.1, 0.15) is 0 Å². The van der Waals surface area contributed by atoms with Crippen LogP contribution in [0.4, 0.5) is 5.69 Å². The van der Waals surface area contributed by atoms with Gasteiger partial charge < -0.3 is 10.2 Å². The van der Waals surface area contributed by atoms with Crippen LogP contribution >= 0.6 is 15.9 Å². The van der Waals surface area contributed by atoms with Crippen LogP contribution in [0.5, 0.6) is 0 Å². The second-order valence-electron chi connectivity index (χ2n) is 4.28. The van der Waals surface area contributed by atoms with E-state index in [0.717, 1.165) is 10.2 Å². The normalized spacial score (nSPS) is 19.1. The van der Waals surface area contributed by atoms with E-state index in [1.807, 2.05) is 31.2 Å². The Labute approximate surface area is 114 Å². The molecular weight excluding hydrogens is 296 g/mol. The molecule has 1 fully saturated rings. The first-order valence-electron chi connectivity index (χ1n) is 5.95. The number of carbonyl (C=O) groups is 2. The second kappa shape index (κ2) is 5.52. The molecule has 1 N–H and O–H groups in total. The number of carbonyl (C=O) groups excluding carboxylic acids is 2. The van der Waals surface area contributed by atoms with Crippen LogP contribution in [0.1, 0.15) is 13.3 Å². The standard InChI is InChI=1S/C13H15BrN2O2/c1-2-15-13(18)9-7-12(17)16(8-9)11-5-3-10(14)4-6-11/h3-6,9H,2,7-8H2,1H3,(H,15,18)/t9-/m1/s1. The van der Waals surface area contributed by atoms with Crippen molar-refractivity contribution in [3.63, 3.8) is 0 Å². The summed E-state index contributed by atoms with van der Waals surface area (Å²) in [5.74, 6) is -0.264. The molecule has 0 saturated carbocycles. The molecule has 1 aliphatic heterocycles. The topological polar surface area (TPSA) is 49.4 Å². The number of nitrogens with zero attached hydrogens (tertiary/aromatic N) is 1. The van der Waals surface area contributed by atoms with E-state index in [2.05, 4.69) is 21.2 Å². The number of hydrogen-bond donors (Lipinski definition) is 1. The lowest BCUT2D eigenvalue weighted by Crippen LogP contribution is -2.32. The third kappa shape index (κ3) is 2.72. The van der Waals surface area contributed by atoms with Crippen molar-refractivity contribution in [3.8, 4) is 0 Å². The number of amides is 2. The molecule has 1 aromatic carbocycles. The number of rotatable bonds is 3. The van der Waals surface area contributed by atoms with Gasteiger partial charge in [-0.05, 0) is 31.2 Å². The highest BCUT2D eigenvalue weighted by Gasteiger charge is 2.34. The molecule has 0 aromatic heterocycles. The van der Waals surface area contributed by atoms with Gasteiger partial charge in [-0.15, -0.1) is 0 Å². The zero-order valence-electron chi connectivity index (χ0n) is 10.1. The Kier molecular flexibility index (Phi) is 4.01. The van der Waals surface area contributed by atoms with Crippen molar-refractivity contribution < 1.29 is 9.59 Å². The van der Waals surface area contributed by atoms with E-state index in [9.17, 15) is 9.59 Å². The maximum atomic E-state index is 11.9. The van der Waals surface area contributed by atoms with Crippen LogP contribution in [0.25, 0.3) is 0 Å². The summed E-state index contributed by atoms with van der Waals surface area (Å²) in [6, 6.07) is 7.54. The Morgan fingerprint density at radius 1 is 1.44 bits per heavy atom. The Morgan fingerprint density at radius 2 is 2.11 bits per heavy atom. The fourth-order valence-electron chi connectivity index (χ4n) is 2.07. The van der Waals surface area contributed by atoms with Gasteiger partial charge in [0.25, 0.3) is 0 Å². The molecule has 1 heterocycles. The molecular formula is C13H15BrN2O2. The van der Waals surface area contributed by atoms with Crippen LogP contribution in [0.2, 0.25) is 0 Å². The van der Waals surface area contributed by atoms with Gasteiger partial charge in [0.05, 0.1) is 5.92 Å². The molecule has 1 saturated heterocycles. The third-order valence-electron chi connectivity index (χ3n) is 2.99. The van der Waals surface area contributed by atoms with Gasteiger partial charge in [-0.2, -0.15) is 0 Å². The molecule has 2 rings (SSSR count). The number of nitrogens with one attached hydrogen (secondary N) is 1. The molecule has 1 aromatic rings. The van der Waals surface area contributed by atoms with Gasteiger partial charge in [-0.25, -0.2) is 0 Å². The molecule has 0 unspecified atom stereocenters. The lowest BCUT2D eigenvalue weighted by molar-refractivity contribution is -0.126. The van der Waals surface area contributed by atoms with Crippen molar-refractivity contribution in [2.45, 2.75) is 13.3 Å². The van der Waals surface area contributed by atoms with Gasteiger partial charge in [-0.3, -0.25) is 9.59 Å². The largest absolute Gasteiger partial charge is 0.356 e. The van der Waals surface area contributed by atoms with E-state index >= 15 is 0 Å². The smallest absolute Gasteiger partial charge is 0.227 e. The minimum Gasteiger partial charge on any atom is -0.356 e. The first-order chi connectivity index (χ1) is 8.61. The maximum absolute atomic E-state index is 11.9. The number of hydrogen-bond acceptors (Lipinski definition) is 2. The molecule has 2 amide bonds. The second-order valence-corrected chi connectivity index (χ2v) is 5.19. The van der Waals surface area contributed by atoms with Crippen molar-refractivity contribution in [1.82, 2.24) is 5.32 Å². The number of anilines is 1. The van der Waals surface area contributed by atoms with Crippen LogP contribution in [-0.2, 0) is 9.59 Å². The highest BCUT2D eigenvalue weighted by atomic mass is 79.9. The first kappa shape index (κ1) is 13.1. The van der Waals surface area contributed by atoms with Crippen molar-refractivity contribution in [2.24, 2.45) is 5.92 Å². The molecule has 4 nitrogen and oxygen atoms in total. The van der Waals surface area contributed by atoms with Crippen LogP contribution in [0.15, 0.2) is 28.7 Å². The zero-order valence-corrected chi connectivity index (χ0v) is 11.7. The maximum Gasteiger partial charge on any atom is 0.227 e. The van der Waals surface area contributed by atoms with Gasteiger partial charge in [0.2, 0.25) is 11.8 Å². The van der Waals surface area contributed by atoms with Crippen LogP contribution in [-0.4, -0.2) is 24.9 Å². The van der Waals surface area contributed by atoms with Gasteiger partial charge in [0, 0.05) is 29.7 Å². The average molecular weight is 311 g/mol. The molecule has 0 bridgehead atoms. The fourth-order valence-corrected chi connectivity index (χ4v) is 2.34. The summed E-state index contributed by atoms with van der Waals surface area (Å²) in [4.78, 5) is 25.3. The van der Waals surface area contributed by atoms with Crippen molar-refractivity contribution >= 4 is 33.4 Å². The summed E-state index contributed by atoms with van der Waals surface area (Å²) in [6.07, 6.45) is 0.294. The minimum absolute atomic E-state index is 0.00794. The Bertz CT molecular complexity index is 459. The molecule has 1 aliphatic rings. The molecule has 1 atom stereocenters. The SMILES string of the molecule is CCNC(=O)[C@@H]1CC(=O)N(c2ccc(Br)cc2)C1. The molecule has 0 radical (unpaired) electrons. The molecule has 0 aliphatic carbocycles. The Morgan fingerprint density at radius 3 is 2.72 bits per heavy atom. The lowest BCUT2D eigenvalue weighted by Gasteiger charge is -2.16. The van der Waals surface area contributed by atoms with E-state index < -0.39 is 0 Å². The lowest BCUT2D eigenvalue weighted by atomic mass is 10.1. The summed E-state index contributed by atoms with van der Waals surface area (Å²) >= 11 is 3.36. The van der Waals surface area contributed by atoms with Gasteiger partial charge in [-0.1, -0.05) is 15.9 Å². The average Bonchev–Trinajstić information content (AvgIpc) is 2.73. The van der Waals surface area contributed by atoms with Gasteiger partial charge in [0.15, 0.2) is 0 Å². The van der Waals surface area contributed by atoms with Crippen molar-refractivity contribution in [1.29, 1.82) is 0 Å². The van der Waals surface area contributed by atoms with Crippen molar-refractivity contribution in [2.75, 3.05) is 18.0 Å². The van der Waals surface area contributed by atoms with E-state index in [0.29, 0.717) is 19.5 Å². The number of benzene rings is 1. The summed E-state index contributed by atoms with van der Waals surface area (Å²) < 4.78 is 0.971. The summed E-state index contributed by atoms with van der Waals surface area (Å²) in [5.41, 5.74) is 0.843. The van der Waals surface area contributed by atoms with Crippen LogP contribution < -0.4 is 10.2 Å². The van der Waals surface area contributed by atoms with E-state index in [4.69, 9.17) is 0 Å². The predicted octanol–water partition coefficient (Wildman–Crippen LogP) is 1.94. The highest BCUT2D eigenvalue weighted by molar-refractivity contribution is 9.10. The Hall–Kier alpha value is -1.36.